The van der Waals surface area contributed by atoms with E-state index in [4.69, 9.17) is 0 Å². The van der Waals surface area contributed by atoms with Crippen LogP contribution in [0.3, 0.4) is 0 Å². The standard InChI is InChI=1S/C25H31N3O2/c1-5-14-27-15-16-28(23(29)18-25(2,3)4)22(24(27)30)17-20-8-6-7-9-21(20)19-10-12-26-13-11-19/h5-13,22H,1,14-18H2,2-4H3/t22-/m0/s1. The molecule has 3 rings (SSSR count). The first-order valence-corrected chi connectivity index (χ1v) is 10.5. The van der Waals surface area contributed by atoms with Gasteiger partial charge in [0.15, 0.2) is 0 Å². The van der Waals surface area contributed by atoms with E-state index < -0.39 is 6.04 Å². The van der Waals surface area contributed by atoms with Crippen LogP contribution < -0.4 is 0 Å². The van der Waals surface area contributed by atoms with Gasteiger partial charge in [0, 0.05) is 44.9 Å². The van der Waals surface area contributed by atoms with Crippen molar-refractivity contribution in [2.24, 2.45) is 5.41 Å². The summed E-state index contributed by atoms with van der Waals surface area (Å²) in [6.07, 6.45) is 6.18. The maximum absolute atomic E-state index is 13.3. The van der Waals surface area contributed by atoms with E-state index in [0.717, 1.165) is 16.7 Å². The van der Waals surface area contributed by atoms with Crippen LogP contribution in [-0.2, 0) is 16.0 Å². The lowest BCUT2D eigenvalue weighted by atomic mass is 9.90. The third-order valence-corrected chi connectivity index (χ3v) is 5.36. The first kappa shape index (κ1) is 21.8. The van der Waals surface area contributed by atoms with Gasteiger partial charge in [-0.05, 0) is 34.2 Å². The van der Waals surface area contributed by atoms with Crippen molar-refractivity contribution >= 4 is 11.8 Å². The van der Waals surface area contributed by atoms with Gasteiger partial charge in [0.2, 0.25) is 11.8 Å². The second-order valence-electron chi connectivity index (χ2n) is 9.01. The molecule has 0 unspecified atom stereocenters. The van der Waals surface area contributed by atoms with Crippen LogP contribution >= 0.6 is 0 Å². The molecule has 0 aliphatic carbocycles. The van der Waals surface area contributed by atoms with Crippen LogP contribution in [0, 0.1) is 5.41 Å². The first-order valence-electron chi connectivity index (χ1n) is 10.5. The Morgan fingerprint density at radius 2 is 1.87 bits per heavy atom. The minimum atomic E-state index is -0.503. The van der Waals surface area contributed by atoms with Crippen LogP contribution in [0.25, 0.3) is 11.1 Å². The van der Waals surface area contributed by atoms with E-state index in [1.165, 1.54) is 0 Å². The van der Waals surface area contributed by atoms with Gasteiger partial charge in [0.1, 0.15) is 6.04 Å². The number of aromatic nitrogens is 1. The van der Waals surface area contributed by atoms with Gasteiger partial charge in [0.05, 0.1) is 0 Å². The lowest BCUT2D eigenvalue weighted by molar-refractivity contribution is -0.151. The summed E-state index contributed by atoms with van der Waals surface area (Å²) < 4.78 is 0. The molecule has 1 aromatic carbocycles. The molecule has 2 aromatic rings. The summed E-state index contributed by atoms with van der Waals surface area (Å²) in [5.74, 6) is 0.0356. The van der Waals surface area contributed by atoms with Gasteiger partial charge in [0.25, 0.3) is 0 Å². The average molecular weight is 406 g/mol. The molecule has 5 nitrogen and oxygen atoms in total. The Bertz CT molecular complexity index is 902. The monoisotopic (exact) mass is 405 g/mol. The Hall–Kier alpha value is -2.95. The largest absolute Gasteiger partial charge is 0.335 e. The number of carbonyl (C=O) groups excluding carboxylic acids is 2. The maximum Gasteiger partial charge on any atom is 0.246 e. The predicted molar refractivity (Wildman–Crippen MR) is 120 cm³/mol. The van der Waals surface area contributed by atoms with Crippen LogP contribution in [0.1, 0.15) is 32.8 Å². The molecule has 1 aliphatic heterocycles. The number of piperazine rings is 1. The zero-order chi connectivity index (χ0) is 21.7. The fourth-order valence-electron chi connectivity index (χ4n) is 3.95. The smallest absolute Gasteiger partial charge is 0.246 e. The van der Waals surface area contributed by atoms with E-state index in [1.54, 1.807) is 28.3 Å². The number of hydrogen-bond acceptors (Lipinski definition) is 3. The SMILES string of the molecule is C=CCN1CCN(C(=O)CC(C)(C)C)[C@@H](Cc2ccccc2-c2ccncc2)C1=O. The minimum absolute atomic E-state index is 0.00654. The maximum atomic E-state index is 13.3. The lowest BCUT2D eigenvalue weighted by Gasteiger charge is -2.41. The third kappa shape index (κ3) is 5.15. The highest BCUT2D eigenvalue weighted by molar-refractivity contribution is 5.89. The van der Waals surface area contributed by atoms with Gasteiger partial charge in [-0.1, -0.05) is 51.1 Å². The molecule has 30 heavy (non-hydrogen) atoms. The van der Waals surface area contributed by atoms with Crippen molar-refractivity contribution in [1.82, 2.24) is 14.8 Å². The van der Waals surface area contributed by atoms with Crippen molar-refractivity contribution in [3.8, 4) is 11.1 Å². The summed E-state index contributed by atoms with van der Waals surface area (Å²) in [6, 6.07) is 11.5. The molecular weight excluding hydrogens is 374 g/mol. The zero-order valence-corrected chi connectivity index (χ0v) is 18.2. The number of nitrogens with zero attached hydrogens (tertiary/aromatic N) is 3. The molecule has 0 radical (unpaired) electrons. The van der Waals surface area contributed by atoms with Crippen LogP contribution in [0.5, 0.6) is 0 Å². The second-order valence-corrected chi connectivity index (χ2v) is 9.01. The fraction of sp³-hybridized carbons (Fsp3) is 0.400. The van der Waals surface area contributed by atoms with Crippen LogP contribution in [0.4, 0.5) is 0 Å². The van der Waals surface area contributed by atoms with Gasteiger partial charge >= 0.3 is 0 Å². The van der Waals surface area contributed by atoms with Crippen molar-refractivity contribution in [3.63, 3.8) is 0 Å². The van der Waals surface area contributed by atoms with E-state index in [0.29, 0.717) is 32.5 Å². The van der Waals surface area contributed by atoms with E-state index in [1.807, 2.05) is 30.3 Å². The molecule has 0 bridgehead atoms. The molecule has 1 atom stereocenters. The molecule has 1 saturated heterocycles. The van der Waals surface area contributed by atoms with Crippen molar-refractivity contribution < 1.29 is 9.59 Å². The second kappa shape index (κ2) is 9.24. The van der Waals surface area contributed by atoms with E-state index in [9.17, 15) is 9.59 Å². The summed E-state index contributed by atoms with van der Waals surface area (Å²) in [4.78, 5) is 34.1. The van der Waals surface area contributed by atoms with Gasteiger partial charge in [-0.15, -0.1) is 6.58 Å². The summed E-state index contributed by atoms with van der Waals surface area (Å²) in [7, 11) is 0. The predicted octanol–water partition coefficient (Wildman–Crippen LogP) is 3.95. The Kier molecular flexibility index (Phi) is 6.70. The Balaban J connectivity index is 1.94. The van der Waals surface area contributed by atoms with Crippen molar-refractivity contribution in [3.05, 3.63) is 67.0 Å². The van der Waals surface area contributed by atoms with E-state index >= 15 is 0 Å². The highest BCUT2D eigenvalue weighted by Gasteiger charge is 2.38. The van der Waals surface area contributed by atoms with Crippen LogP contribution in [-0.4, -0.2) is 52.3 Å². The normalized spacial score (nSPS) is 17.2. The van der Waals surface area contributed by atoms with Crippen molar-refractivity contribution in [2.45, 2.75) is 39.7 Å². The Labute approximate surface area is 179 Å². The quantitative estimate of drug-likeness (QED) is 0.684. The lowest BCUT2D eigenvalue weighted by Crippen LogP contribution is -2.59. The molecule has 158 valence electrons. The molecule has 1 aromatic heterocycles. The molecular formula is C25H31N3O2. The zero-order valence-electron chi connectivity index (χ0n) is 18.2. The number of benzene rings is 1. The molecule has 2 heterocycles. The number of carbonyl (C=O) groups is 2. The summed E-state index contributed by atoms with van der Waals surface area (Å²) in [5, 5.41) is 0. The fourth-order valence-corrected chi connectivity index (χ4v) is 3.95. The third-order valence-electron chi connectivity index (χ3n) is 5.36. The van der Waals surface area contributed by atoms with E-state index in [2.05, 4.69) is 38.4 Å². The Morgan fingerprint density at radius 3 is 2.53 bits per heavy atom. The summed E-state index contributed by atoms with van der Waals surface area (Å²) in [6.45, 7) is 11.5. The summed E-state index contributed by atoms with van der Waals surface area (Å²) >= 11 is 0. The number of rotatable bonds is 6. The average Bonchev–Trinajstić information content (AvgIpc) is 2.71. The number of pyridine rings is 1. The molecule has 1 fully saturated rings. The van der Waals surface area contributed by atoms with Crippen LogP contribution in [0.2, 0.25) is 0 Å². The van der Waals surface area contributed by atoms with Crippen LogP contribution in [0.15, 0.2) is 61.4 Å². The highest BCUT2D eigenvalue weighted by atomic mass is 16.2. The van der Waals surface area contributed by atoms with Gasteiger partial charge in [-0.3, -0.25) is 14.6 Å². The number of hydrogen-bond donors (Lipinski definition) is 0. The van der Waals surface area contributed by atoms with Crippen molar-refractivity contribution in [2.75, 3.05) is 19.6 Å². The molecule has 2 amide bonds. The molecule has 0 saturated carbocycles. The van der Waals surface area contributed by atoms with Gasteiger partial charge in [-0.25, -0.2) is 0 Å². The van der Waals surface area contributed by atoms with Gasteiger partial charge in [-0.2, -0.15) is 0 Å². The van der Waals surface area contributed by atoms with Gasteiger partial charge < -0.3 is 9.80 Å². The highest BCUT2D eigenvalue weighted by Crippen LogP contribution is 2.28. The van der Waals surface area contributed by atoms with Crippen molar-refractivity contribution in [1.29, 1.82) is 0 Å². The first-order chi connectivity index (χ1) is 14.3. The minimum Gasteiger partial charge on any atom is -0.335 e. The van der Waals surface area contributed by atoms with E-state index in [-0.39, 0.29) is 17.2 Å². The topological polar surface area (TPSA) is 53.5 Å². The Morgan fingerprint density at radius 1 is 1.17 bits per heavy atom. The molecule has 0 spiro atoms. The number of amides is 2. The molecule has 5 heteroatoms. The molecule has 1 aliphatic rings. The molecule has 0 N–H and O–H groups in total. The summed E-state index contributed by atoms with van der Waals surface area (Å²) in [5.41, 5.74) is 3.05.